The van der Waals surface area contributed by atoms with E-state index in [1.807, 2.05) is 5.38 Å². The first-order chi connectivity index (χ1) is 12.9. The van der Waals surface area contributed by atoms with Crippen LogP contribution in [0.3, 0.4) is 0 Å². The zero-order valence-electron chi connectivity index (χ0n) is 16.4. The molecule has 1 aromatic carbocycles. The highest BCUT2D eigenvalue weighted by atomic mass is 32.1. The minimum atomic E-state index is -0.350. The minimum Gasteiger partial charge on any atom is -0.487 e. The summed E-state index contributed by atoms with van der Waals surface area (Å²) in [4.78, 5) is 21.0. The second-order valence-electron chi connectivity index (χ2n) is 7.57. The van der Waals surface area contributed by atoms with Gasteiger partial charge in [0.15, 0.2) is 5.13 Å². The molecule has 2 heterocycles. The standard InChI is InChI=1S/C20H27N3O3S/c1-20(2,3)23-11-9-22(10-12-23)19-21-16(14-27-19)13-26-17-7-5-15(6-8-17)18(24)25-4/h5-8,14H,9-13H2,1-4H3. The van der Waals surface area contributed by atoms with Gasteiger partial charge in [0.25, 0.3) is 0 Å². The molecule has 1 fully saturated rings. The van der Waals surface area contributed by atoms with Crippen LogP contribution in [0.15, 0.2) is 29.6 Å². The van der Waals surface area contributed by atoms with Gasteiger partial charge >= 0.3 is 5.97 Å². The molecule has 3 rings (SSSR count). The summed E-state index contributed by atoms with van der Waals surface area (Å²) in [5.74, 6) is 0.355. The number of ether oxygens (including phenoxy) is 2. The number of carbonyl (C=O) groups is 1. The van der Waals surface area contributed by atoms with Crippen molar-refractivity contribution in [1.29, 1.82) is 0 Å². The van der Waals surface area contributed by atoms with Gasteiger partial charge in [-0.25, -0.2) is 9.78 Å². The van der Waals surface area contributed by atoms with Gasteiger partial charge in [0.2, 0.25) is 0 Å². The Morgan fingerprint density at radius 1 is 1.15 bits per heavy atom. The van der Waals surface area contributed by atoms with E-state index in [2.05, 4.69) is 30.6 Å². The van der Waals surface area contributed by atoms with Crippen LogP contribution in [0.25, 0.3) is 0 Å². The number of thiazole rings is 1. The molecule has 1 aliphatic rings. The number of anilines is 1. The van der Waals surface area contributed by atoms with Crippen LogP contribution in [0.4, 0.5) is 5.13 Å². The van der Waals surface area contributed by atoms with Crippen LogP contribution >= 0.6 is 11.3 Å². The first kappa shape index (κ1) is 19.6. The van der Waals surface area contributed by atoms with E-state index in [4.69, 9.17) is 14.5 Å². The maximum atomic E-state index is 11.5. The molecule has 0 saturated carbocycles. The second-order valence-corrected chi connectivity index (χ2v) is 8.41. The number of hydrogen-bond donors (Lipinski definition) is 0. The van der Waals surface area contributed by atoms with Gasteiger partial charge in [0, 0.05) is 37.1 Å². The molecule has 1 aliphatic heterocycles. The molecule has 0 atom stereocenters. The van der Waals surface area contributed by atoms with Gasteiger partial charge in [0.1, 0.15) is 12.4 Å². The summed E-state index contributed by atoms with van der Waals surface area (Å²) in [7, 11) is 1.37. The lowest BCUT2D eigenvalue weighted by molar-refractivity contribution is 0.0600. The number of esters is 1. The van der Waals surface area contributed by atoms with Crippen molar-refractivity contribution in [2.75, 3.05) is 38.2 Å². The monoisotopic (exact) mass is 389 g/mol. The number of methoxy groups -OCH3 is 1. The fraction of sp³-hybridized carbons (Fsp3) is 0.500. The summed E-state index contributed by atoms with van der Waals surface area (Å²) in [6.45, 7) is 11.3. The molecule has 27 heavy (non-hydrogen) atoms. The lowest BCUT2D eigenvalue weighted by atomic mass is 10.1. The van der Waals surface area contributed by atoms with Gasteiger partial charge in [-0.2, -0.15) is 0 Å². The summed E-state index contributed by atoms with van der Waals surface area (Å²) in [5, 5.41) is 3.11. The number of piperazine rings is 1. The Morgan fingerprint density at radius 3 is 2.41 bits per heavy atom. The zero-order chi connectivity index (χ0) is 19.4. The number of aromatic nitrogens is 1. The van der Waals surface area contributed by atoms with Gasteiger partial charge in [0.05, 0.1) is 18.4 Å². The normalized spacial score (nSPS) is 15.6. The first-order valence-electron chi connectivity index (χ1n) is 9.12. The predicted octanol–water partition coefficient (Wildman–Crippen LogP) is 3.43. The number of rotatable bonds is 5. The number of carbonyl (C=O) groups excluding carboxylic acids is 1. The molecule has 1 saturated heterocycles. The zero-order valence-corrected chi connectivity index (χ0v) is 17.2. The van der Waals surface area contributed by atoms with Gasteiger partial charge < -0.3 is 14.4 Å². The molecule has 0 spiro atoms. The fourth-order valence-corrected chi connectivity index (χ4v) is 3.90. The molecule has 0 aliphatic carbocycles. The van der Waals surface area contributed by atoms with Crippen LogP contribution in [0.5, 0.6) is 5.75 Å². The summed E-state index contributed by atoms with van der Waals surface area (Å²) in [6, 6.07) is 6.93. The summed E-state index contributed by atoms with van der Waals surface area (Å²) >= 11 is 1.66. The SMILES string of the molecule is COC(=O)c1ccc(OCc2csc(N3CCN(C(C)(C)C)CC3)n2)cc1. The predicted molar refractivity (Wildman–Crippen MR) is 108 cm³/mol. The summed E-state index contributed by atoms with van der Waals surface area (Å²) in [6.07, 6.45) is 0. The molecule has 0 N–H and O–H groups in total. The lowest BCUT2D eigenvalue weighted by Gasteiger charge is -2.42. The second kappa shape index (κ2) is 8.27. The first-order valence-corrected chi connectivity index (χ1v) is 10.0. The van der Waals surface area contributed by atoms with Crippen molar-refractivity contribution in [3.05, 3.63) is 40.9 Å². The average Bonchev–Trinajstić information content (AvgIpc) is 3.14. The highest BCUT2D eigenvalue weighted by molar-refractivity contribution is 7.13. The van der Waals surface area contributed by atoms with Crippen molar-refractivity contribution in [2.45, 2.75) is 32.9 Å². The van der Waals surface area contributed by atoms with E-state index in [0.717, 1.165) is 37.0 Å². The van der Waals surface area contributed by atoms with Crippen molar-refractivity contribution < 1.29 is 14.3 Å². The highest BCUT2D eigenvalue weighted by Crippen LogP contribution is 2.25. The van der Waals surface area contributed by atoms with Crippen molar-refractivity contribution in [3.8, 4) is 5.75 Å². The number of hydrogen-bond acceptors (Lipinski definition) is 7. The Balaban J connectivity index is 1.52. The van der Waals surface area contributed by atoms with Gasteiger partial charge in [-0.3, -0.25) is 4.90 Å². The molecule has 2 aromatic rings. The van der Waals surface area contributed by atoms with Gasteiger partial charge in [-0.1, -0.05) is 0 Å². The Bertz CT molecular complexity index is 760. The van der Waals surface area contributed by atoms with Crippen molar-refractivity contribution in [2.24, 2.45) is 0 Å². The quantitative estimate of drug-likeness (QED) is 0.731. The Labute approximate surface area is 164 Å². The molecule has 0 radical (unpaired) electrons. The van der Waals surface area contributed by atoms with E-state index in [1.165, 1.54) is 7.11 Å². The topological polar surface area (TPSA) is 54.9 Å². The maximum Gasteiger partial charge on any atom is 0.337 e. The maximum absolute atomic E-state index is 11.5. The molecule has 1 aromatic heterocycles. The smallest absolute Gasteiger partial charge is 0.337 e. The molecule has 6 nitrogen and oxygen atoms in total. The average molecular weight is 390 g/mol. The Morgan fingerprint density at radius 2 is 1.81 bits per heavy atom. The minimum absolute atomic E-state index is 0.220. The van der Waals surface area contributed by atoms with Gasteiger partial charge in [-0.15, -0.1) is 11.3 Å². The van der Waals surface area contributed by atoms with Crippen molar-refractivity contribution in [3.63, 3.8) is 0 Å². The Kier molecular flexibility index (Phi) is 6.01. The van der Waals surface area contributed by atoms with E-state index >= 15 is 0 Å². The van der Waals surface area contributed by atoms with E-state index in [0.29, 0.717) is 17.9 Å². The van der Waals surface area contributed by atoms with Crippen molar-refractivity contribution in [1.82, 2.24) is 9.88 Å². The molecule has 0 amide bonds. The summed E-state index contributed by atoms with van der Waals surface area (Å²) < 4.78 is 10.5. The van der Waals surface area contributed by atoms with E-state index < -0.39 is 0 Å². The van der Waals surface area contributed by atoms with Crippen LogP contribution < -0.4 is 9.64 Å². The van der Waals surface area contributed by atoms with E-state index in [1.54, 1.807) is 35.6 Å². The third kappa shape index (κ3) is 4.99. The molecular formula is C20H27N3O3S. The van der Waals surface area contributed by atoms with Crippen molar-refractivity contribution >= 4 is 22.4 Å². The van der Waals surface area contributed by atoms with Crippen LogP contribution in [0.2, 0.25) is 0 Å². The third-order valence-corrected chi connectivity index (χ3v) is 5.65. The fourth-order valence-electron chi connectivity index (χ4n) is 3.04. The summed E-state index contributed by atoms with van der Waals surface area (Å²) in [5.41, 5.74) is 1.65. The van der Waals surface area contributed by atoms with E-state index in [9.17, 15) is 4.79 Å². The molecule has 7 heteroatoms. The molecule has 0 bridgehead atoms. The molecule has 146 valence electrons. The van der Waals surface area contributed by atoms with Crippen LogP contribution in [-0.2, 0) is 11.3 Å². The Hall–Kier alpha value is -2.12. The lowest BCUT2D eigenvalue weighted by Crippen LogP contribution is -2.53. The largest absolute Gasteiger partial charge is 0.487 e. The van der Waals surface area contributed by atoms with Crippen LogP contribution in [-0.4, -0.2) is 54.7 Å². The van der Waals surface area contributed by atoms with Gasteiger partial charge in [-0.05, 0) is 45.0 Å². The molecule has 0 unspecified atom stereocenters. The highest BCUT2D eigenvalue weighted by Gasteiger charge is 2.26. The number of benzene rings is 1. The third-order valence-electron chi connectivity index (χ3n) is 4.70. The van der Waals surface area contributed by atoms with Crippen LogP contribution in [0, 0.1) is 0 Å². The molecular weight excluding hydrogens is 362 g/mol. The van der Waals surface area contributed by atoms with Crippen LogP contribution in [0.1, 0.15) is 36.8 Å². The van der Waals surface area contributed by atoms with E-state index in [-0.39, 0.29) is 11.5 Å². The number of nitrogens with zero attached hydrogens (tertiary/aromatic N) is 3.